The van der Waals surface area contributed by atoms with Gasteiger partial charge in [-0.3, -0.25) is 0 Å². The first-order chi connectivity index (χ1) is 11.2. The molecule has 1 saturated carbocycles. The molecule has 1 aromatic heterocycles. The maximum atomic E-state index is 6.11. The normalized spacial score (nSPS) is 20.9. The molecule has 0 aromatic carbocycles. The van der Waals surface area contributed by atoms with Crippen molar-refractivity contribution in [1.29, 1.82) is 0 Å². The Morgan fingerprint density at radius 3 is 2.65 bits per heavy atom. The van der Waals surface area contributed by atoms with E-state index >= 15 is 0 Å². The first-order valence-electron chi connectivity index (χ1n) is 8.87. The Bertz CT molecular complexity index is 514. The van der Waals surface area contributed by atoms with Gasteiger partial charge in [-0.15, -0.1) is 0 Å². The summed E-state index contributed by atoms with van der Waals surface area (Å²) in [6.45, 7) is 4.91. The van der Waals surface area contributed by atoms with Crippen molar-refractivity contribution in [2.75, 3.05) is 13.1 Å². The summed E-state index contributed by atoms with van der Waals surface area (Å²) in [6.07, 6.45) is 9.44. The van der Waals surface area contributed by atoms with E-state index in [1.807, 2.05) is 18.3 Å². The molecule has 1 aliphatic heterocycles. The van der Waals surface area contributed by atoms with Crippen LogP contribution in [0.5, 0.6) is 5.88 Å². The molecule has 23 heavy (non-hydrogen) atoms. The lowest BCUT2D eigenvalue weighted by atomic mass is 10.00. The van der Waals surface area contributed by atoms with Gasteiger partial charge in [-0.2, -0.15) is 0 Å². The molecule has 0 amide bonds. The molecule has 0 radical (unpaired) electrons. The maximum Gasteiger partial charge on any atom is 0.213 e. The zero-order chi connectivity index (χ0) is 16.1. The van der Waals surface area contributed by atoms with Gasteiger partial charge in [0.15, 0.2) is 5.96 Å². The average Bonchev–Trinajstić information content (AvgIpc) is 3.07. The van der Waals surface area contributed by atoms with Crippen LogP contribution in [0.2, 0.25) is 0 Å². The van der Waals surface area contributed by atoms with E-state index in [2.05, 4.69) is 21.8 Å². The molecule has 1 aromatic rings. The van der Waals surface area contributed by atoms with Crippen LogP contribution in [-0.2, 0) is 6.54 Å². The molecule has 0 atom stereocenters. The standard InChI is InChI=1S/C18H28N4O/c1-14-8-10-22(11-9-14)18(19)21-13-15-6-7-17(20-12-15)23-16-4-2-3-5-16/h6-7,12,14,16H,2-5,8-11,13H2,1H3,(H2,19,21). The fourth-order valence-corrected chi connectivity index (χ4v) is 3.26. The van der Waals surface area contributed by atoms with Gasteiger partial charge in [0.2, 0.25) is 5.88 Å². The quantitative estimate of drug-likeness (QED) is 0.685. The highest BCUT2D eigenvalue weighted by Gasteiger charge is 2.17. The summed E-state index contributed by atoms with van der Waals surface area (Å²) in [4.78, 5) is 11.1. The smallest absolute Gasteiger partial charge is 0.213 e. The van der Waals surface area contributed by atoms with Crippen LogP contribution in [0.3, 0.4) is 0 Å². The summed E-state index contributed by atoms with van der Waals surface area (Å²) in [5.74, 6) is 2.18. The monoisotopic (exact) mass is 316 g/mol. The molecule has 0 unspecified atom stereocenters. The Morgan fingerprint density at radius 2 is 2.00 bits per heavy atom. The number of rotatable bonds is 4. The minimum absolute atomic E-state index is 0.350. The van der Waals surface area contributed by atoms with Crippen LogP contribution in [0.25, 0.3) is 0 Å². The second-order valence-corrected chi connectivity index (χ2v) is 6.87. The molecular weight excluding hydrogens is 288 g/mol. The van der Waals surface area contributed by atoms with Gasteiger partial charge >= 0.3 is 0 Å². The molecule has 2 heterocycles. The van der Waals surface area contributed by atoms with Gasteiger partial charge in [-0.25, -0.2) is 9.98 Å². The van der Waals surface area contributed by atoms with E-state index in [9.17, 15) is 0 Å². The predicted molar refractivity (Wildman–Crippen MR) is 92.4 cm³/mol. The molecule has 1 aliphatic carbocycles. The Morgan fingerprint density at radius 1 is 1.26 bits per heavy atom. The van der Waals surface area contributed by atoms with Crippen molar-refractivity contribution in [1.82, 2.24) is 9.88 Å². The first-order valence-corrected chi connectivity index (χ1v) is 8.87. The van der Waals surface area contributed by atoms with Crippen molar-refractivity contribution in [2.45, 2.75) is 58.1 Å². The van der Waals surface area contributed by atoms with Crippen LogP contribution in [0, 0.1) is 5.92 Å². The lowest BCUT2D eigenvalue weighted by Gasteiger charge is -2.31. The zero-order valence-corrected chi connectivity index (χ0v) is 14.1. The van der Waals surface area contributed by atoms with Crippen LogP contribution < -0.4 is 10.5 Å². The highest BCUT2D eigenvalue weighted by Crippen LogP contribution is 2.23. The second-order valence-electron chi connectivity index (χ2n) is 6.87. The summed E-state index contributed by atoms with van der Waals surface area (Å²) in [5.41, 5.74) is 7.18. The third-order valence-electron chi connectivity index (χ3n) is 4.92. The van der Waals surface area contributed by atoms with Gasteiger partial charge in [0.25, 0.3) is 0 Å². The van der Waals surface area contributed by atoms with Gasteiger partial charge < -0.3 is 15.4 Å². The Balaban J connectivity index is 1.50. The molecule has 5 heteroatoms. The Labute approximate surface area is 138 Å². The van der Waals surface area contributed by atoms with Crippen molar-refractivity contribution >= 4 is 5.96 Å². The first kappa shape index (κ1) is 16.1. The van der Waals surface area contributed by atoms with Crippen molar-refractivity contribution < 1.29 is 4.74 Å². The third kappa shape index (κ3) is 4.60. The van der Waals surface area contributed by atoms with E-state index in [1.165, 1.54) is 25.7 Å². The highest BCUT2D eigenvalue weighted by molar-refractivity contribution is 5.78. The summed E-state index contributed by atoms with van der Waals surface area (Å²) in [5, 5.41) is 0. The van der Waals surface area contributed by atoms with Gasteiger partial charge in [-0.1, -0.05) is 13.0 Å². The largest absolute Gasteiger partial charge is 0.474 e. The second kappa shape index (κ2) is 7.66. The number of nitrogens with two attached hydrogens (primary N) is 1. The molecule has 3 rings (SSSR count). The van der Waals surface area contributed by atoms with Crippen LogP contribution in [0.1, 0.15) is 51.0 Å². The zero-order valence-electron chi connectivity index (χ0n) is 14.1. The van der Waals surface area contributed by atoms with Gasteiger partial charge in [-0.05, 0) is 50.0 Å². The number of hydrogen-bond acceptors (Lipinski definition) is 3. The Hall–Kier alpha value is -1.78. The van der Waals surface area contributed by atoms with E-state index in [1.54, 1.807) is 0 Å². The van der Waals surface area contributed by atoms with E-state index in [0.717, 1.165) is 43.3 Å². The molecule has 1 saturated heterocycles. The number of nitrogens with zero attached hydrogens (tertiary/aromatic N) is 3. The fraction of sp³-hybridized carbons (Fsp3) is 0.667. The lowest BCUT2D eigenvalue weighted by molar-refractivity contribution is 0.201. The van der Waals surface area contributed by atoms with Gasteiger partial charge in [0.05, 0.1) is 6.54 Å². The summed E-state index contributed by atoms with van der Waals surface area (Å²) in [6, 6.07) is 3.98. The molecule has 5 nitrogen and oxygen atoms in total. The van der Waals surface area contributed by atoms with E-state index in [4.69, 9.17) is 10.5 Å². The third-order valence-corrected chi connectivity index (χ3v) is 4.92. The van der Waals surface area contributed by atoms with E-state index in [-0.39, 0.29) is 0 Å². The lowest BCUT2D eigenvalue weighted by Crippen LogP contribution is -2.42. The van der Waals surface area contributed by atoms with Crippen LogP contribution in [-0.4, -0.2) is 35.0 Å². The number of piperidine rings is 1. The summed E-state index contributed by atoms with van der Waals surface area (Å²) < 4.78 is 5.88. The van der Waals surface area contributed by atoms with Crippen LogP contribution in [0.15, 0.2) is 23.3 Å². The number of guanidine groups is 1. The van der Waals surface area contributed by atoms with E-state index < -0.39 is 0 Å². The number of hydrogen-bond donors (Lipinski definition) is 1. The van der Waals surface area contributed by atoms with Gasteiger partial charge in [0.1, 0.15) is 6.10 Å². The molecule has 0 spiro atoms. The van der Waals surface area contributed by atoms with Crippen molar-refractivity contribution in [3.63, 3.8) is 0 Å². The Kier molecular flexibility index (Phi) is 5.36. The van der Waals surface area contributed by atoms with Crippen LogP contribution >= 0.6 is 0 Å². The molecule has 0 bridgehead atoms. The number of aliphatic imine (C=N–C) groups is 1. The molecular formula is C18H28N4O. The molecule has 2 fully saturated rings. The number of likely N-dealkylation sites (tertiary alicyclic amines) is 1. The minimum atomic E-state index is 0.350. The number of pyridine rings is 1. The predicted octanol–water partition coefficient (Wildman–Crippen LogP) is 2.95. The summed E-state index contributed by atoms with van der Waals surface area (Å²) >= 11 is 0. The minimum Gasteiger partial charge on any atom is -0.474 e. The highest BCUT2D eigenvalue weighted by atomic mass is 16.5. The molecule has 2 N–H and O–H groups in total. The van der Waals surface area contributed by atoms with Crippen molar-refractivity contribution in [2.24, 2.45) is 16.6 Å². The maximum absolute atomic E-state index is 6.11. The van der Waals surface area contributed by atoms with Crippen molar-refractivity contribution in [3.8, 4) is 5.88 Å². The van der Waals surface area contributed by atoms with Gasteiger partial charge in [0, 0.05) is 25.4 Å². The molecule has 126 valence electrons. The molecule has 2 aliphatic rings. The average molecular weight is 316 g/mol. The number of aromatic nitrogens is 1. The topological polar surface area (TPSA) is 63.7 Å². The number of ether oxygens (including phenoxy) is 1. The SMILES string of the molecule is CC1CCN(C(N)=NCc2ccc(OC3CCCC3)nc2)CC1. The summed E-state index contributed by atoms with van der Waals surface area (Å²) in [7, 11) is 0. The van der Waals surface area contributed by atoms with E-state index in [0.29, 0.717) is 18.6 Å². The van der Waals surface area contributed by atoms with Crippen molar-refractivity contribution in [3.05, 3.63) is 23.9 Å². The fourth-order valence-electron chi connectivity index (χ4n) is 3.26. The van der Waals surface area contributed by atoms with Crippen LogP contribution in [0.4, 0.5) is 0 Å².